The molecule has 0 aliphatic heterocycles. The third-order valence-corrected chi connectivity index (χ3v) is 0. The molecule has 0 saturated carbocycles. The molecule has 0 rings (SSSR count). The summed E-state index contributed by atoms with van der Waals surface area (Å²) in [6.07, 6.45) is 0. The van der Waals surface area contributed by atoms with Crippen molar-refractivity contribution < 1.29 is 146 Å². The van der Waals surface area contributed by atoms with E-state index in [1.807, 2.05) is 0 Å². The van der Waals surface area contributed by atoms with Gasteiger partial charge in [-0.3, -0.25) is 0 Å². The number of rotatable bonds is 0. The molecule has 0 fully saturated rings. The Balaban J connectivity index is -0.0000000300. The first-order valence-corrected chi connectivity index (χ1v) is 5.05. The first kappa shape index (κ1) is 23.5. The van der Waals surface area contributed by atoms with Gasteiger partial charge in [0.05, 0.1) is 0 Å². The maximum atomic E-state index is 8.58. The fourth-order valence-electron chi connectivity index (χ4n) is 0. The van der Waals surface area contributed by atoms with Gasteiger partial charge in [-0.05, 0) is 0 Å². The number of hydrogen-bond donors (Lipinski definition) is 0. The Morgan fingerprint density at radius 2 is 0.800 bits per heavy atom. The topological polar surface area (TPSA) is 126 Å². The monoisotopic (exact) mass is 370 g/mol. The normalized spacial score (nSPS) is 5.20. The standard InChI is InChI=1S/K.La.6O.2Ti/q+1;+3;;;4*-1;;. The predicted octanol–water partition coefficient (Wildman–Crippen LogP) is -7.99. The fraction of sp³-hybridized carbons (Fsp3) is 0. The van der Waals surface area contributed by atoms with E-state index in [9.17, 15) is 0 Å². The molecule has 10 heavy (non-hydrogen) atoms. The second-order valence-corrected chi connectivity index (χ2v) is 2.06. The average molecular weight is 370 g/mol. The van der Waals surface area contributed by atoms with E-state index in [1.165, 1.54) is 0 Å². The van der Waals surface area contributed by atoms with Crippen molar-refractivity contribution in [1.82, 2.24) is 0 Å². The molecule has 0 heterocycles. The molecular weight excluding hydrogens is 370 g/mol. The Labute approximate surface area is 142 Å². The van der Waals surface area contributed by atoms with Crippen LogP contribution in [0.5, 0.6) is 0 Å². The molecular formula is KLaO6Ti2. The van der Waals surface area contributed by atoms with Crippen molar-refractivity contribution in [2.75, 3.05) is 0 Å². The molecule has 0 atom stereocenters. The molecule has 0 spiro atoms. The molecule has 10 heteroatoms. The quantitative estimate of drug-likeness (QED) is 0.390. The van der Waals surface area contributed by atoms with E-state index in [2.05, 4.69) is 0 Å². The van der Waals surface area contributed by atoms with Crippen LogP contribution in [-0.4, -0.2) is 0 Å². The first-order valence-electron chi connectivity index (χ1n) is 1.22. The van der Waals surface area contributed by atoms with Crippen LogP contribution in [0, 0.1) is 35.6 Å². The van der Waals surface area contributed by atoms with Crippen LogP contribution in [0.25, 0.3) is 0 Å². The molecule has 6 nitrogen and oxygen atoms in total. The molecule has 0 bridgehead atoms. The summed E-state index contributed by atoms with van der Waals surface area (Å²) >= 11 is -8.17. The summed E-state index contributed by atoms with van der Waals surface area (Å²) in [5.74, 6) is 0. The summed E-state index contributed by atoms with van der Waals surface area (Å²) in [5.41, 5.74) is 0. The Morgan fingerprint density at radius 3 is 0.800 bits per heavy atom. The van der Waals surface area contributed by atoms with Crippen molar-refractivity contribution in [3.63, 3.8) is 0 Å². The molecule has 48 valence electrons. The van der Waals surface area contributed by atoms with E-state index in [4.69, 9.17) is 21.4 Å². The molecule has 0 aliphatic carbocycles. The molecule has 0 saturated heterocycles. The van der Waals surface area contributed by atoms with Crippen molar-refractivity contribution in [1.29, 1.82) is 0 Å². The molecule has 0 unspecified atom stereocenters. The van der Waals surface area contributed by atoms with E-state index in [0.29, 0.717) is 0 Å². The van der Waals surface area contributed by atoms with Crippen LogP contribution in [0.4, 0.5) is 0 Å². The Morgan fingerprint density at radius 1 is 0.800 bits per heavy atom. The zero-order chi connectivity index (χ0) is 7.15. The first-order chi connectivity index (χ1) is 3.46. The Bertz CT molecular complexity index is 73.7. The average Bonchev–Trinajstić information content (AvgIpc) is 1.25. The van der Waals surface area contributed by atoms with Crippen LogP contribution in [0.3, 0.4) is 0 Å². The Hall–Kier alpha value is 3.70. The third kappa shape index (κ3) is 97.9. The van der Waals surface area contributed by atoms with Gasteiger partial charge in [0.25, 0.3) is 0 Å². The van der Waals surface area contributed by atoms with E-state index in [0.717, 1.165) is 0 Å². The molecule has 0 aromatic rings. The second-order valence-electron chi connectivity index (χ2n) is 0.500. The molecule has 0 radical (unpaired) electrons. The van der Waals surface area contributed by atoms with Crippen LogP contribution in [0.2, 0.25) is 0 Å². The van der Waals surface area contributed by atoms with Crippen molar-refractivity contribution >= 4 is 0 Å². The van der Waals surface area contributed by atoms with Gasteiger partial charge in [0.1, 0.15) is 0 Å². The van der Waals surface area contributed by atoms with Gasteiger partial charge in [0.2, 0.25) is 0 Å². The van der Waals surface area contributed by atoms with Gasteiger partial charge in [-0.25, -0.2) is 0 Å². The molecule has 0 aromatic carbocycles. The predicted molar refractivity (Wildman–Crippen MR) is 1.37 cm³/mol. The van der Waals surface area contributed by atoms with Crippen LogP contribution < -0.4 is 66.1 Å². The maximum absolute atomic E-state index is 8.58. The second kappa shape index (κ2) is 18.5. The zero-order valence-electron chi connectivity index (χ0n) is 5.03. The van der Waals surface area contributed by atoms with Gasteiger partial charge in [0, 0.05) is 0 Å². The summed E-state index contributed by atoms with van der Waals surface area (Å²) in [6.45, 7) is 0. The fourth-order valence-corrected chi connectivity index (χ4v) is 0. The van der Waals surface area contributed by atoms with Crippen LogP contribution in [0.15, 0.2) is 0 Å². The van der Waals surface area contributed by atoms with E-state index in [-0.39, 0.29) is 87.0 Å². The zero-order valence-corrected chi connectivity index (χ0v) is 14.9. The molecule has 0 aromatic heterocycles. The number of hydrogen-bond acceptors (Lipinski definition) is 6. The minimum atomic E-state index is -4.08. The molecule has 0 amide bonds. The van der Waals surface area contributed by atoms with E-state index in [1.54, 1.807) is 0 Å². The van der Waals surface area contributed by atoms with Gasteiger partial charge in [-0.1, -0.05) is 0 Å². The summed E-state index contributed by atoms with van der Waals surface area (Å²) in [5, 5.41) is 0. The summed E-state index contributed by atoms with van der Waals surface area (Å²) in [6, 6.07) is 0. The molecule has 0 aliphatic rings. The Kier molecular flexibility index (Phi) is 43.4. The van der Waals surface area contributed by atoms with Gasteiger partial charge < -0.3 is 0 Å². The van der Waals surface area contributed by atoms with Gasteiger partial charge >= 0.3 is 146 Å². The van der Waals surface area contributed by atoms with Gasteiger partial charge in [-0.15, -0.1) is 0 Å². The van der Waals surface area contributed by atoms with Gasteiger partial charge in [-0.2, -0.15) is 0 Å². The van der Waals surface area contributed by atoms with Crippen molar-refractivity contribution in [3.8, 4) is 0 Å². The summed E-state index contributed by atoms with van der Waals surface area (Å²) in [4.78, 5) is 0. The minimum absolute atomic E-state index is 0. The molecule has 0 N–H and O–H groups in total. The van der Waals surface area contributed by atoms with Crippen molar-refractivity contribution in [2.24, 2.45) is 0 Å². The third-order valence-electron chi connectivity index (χ3n) is 0. The van der Waals surface area contributed by atoms with Crippen LogP contribution in [0.1, 0.15) is 0 Å². The summed E-state index contributed by atoms with van der Waals surface area (Å²) in [7, 11) is 0. The van der Waals surface area contributed by atoms with Crippen LogP contribution >= 0.6 is 0 Å². The summed E-state index contributed by atoms with van der Waals surface area (Å²) < 4.78 is 51.5. The van der Waals surface area contributed by atoms with E-state index >= 15 is 0 Å². The van der Waals surface area contributed by atoms with Crippen LogP contribution in [-0.2, 0) is 43.9 Å². The van der Waals surface area contributed by atoms with Crippen molar-refractivity contribution in [2.45, 2.75) is 0 Å². The van der Waals surface area contributed by atoms with Crippen molar-refractivity contribution in [3.05, 3.63) is 0 Å². The van der Waals surface area contributed by atoms with Gasteiger partial charge in [0.15, 0.2) is 0 Å². The van der Waals surface area contributed by atoms with E-state index < -0.39 is 37.2 Å². The SMILES string of the molecule is [K+].[La+3].[O]=[Ti]([O-])[O-].[O]=[Ti]([O-])[O-].